The molecule has 0 spiro atoms. The lowest BCUT2D eigenvalue weighted by Gasteiger charge is -2.02. The molecule has 0 aliphatic rings. The van der Waals surface area contributed by atoms with Crippen LogP contribution >= 0.6 is 15.9 Å². The molecule has 2 aromatic carbocycles. The number of rotatable bonds is 3. The van der Waals surface area contributed by atoms with Crippen LogP contribution in [0.4, 0.5) is 0 Å². The zero-order valence-electron chi connectivity index (χ0n) is 16.1. The van der Waals surface area contributed by atoms with Crippen LogP contribution in [0.2, 0.25) is 0 Å². The molecular formula is C23H15BrN4O3. The Kier molecular flexibility index (Phi) is 4.56. The van der Waals surface area contributed by atoms with Crippen molar-refractivity contribution in [2.75, 3.05) is 0 Å². The SMILES string of the molecule is C=c1[nH][nH]c(=O)/c1=C\c1cn(-c2ccccc2)nc1-c1cc2cc(Br)ccc2oc1=O. The lowest BCUT2D eigenvalue weighted by Crippen LogP contribution is -2.32. The fourth-order valence-corrected chi connectivity index (χ4v) is 3.77. The van der Waals surface area contributed by atoms with Gasteiger partial charge in [0.15, 0.2) is 0 Å². The van der Waals surface area contributed by atoms with E-state index in [1.807, 2.05) is 42.5 Å². The van der Waals surface area contributed by atoms with Gasteiger partial charge in [-0.3, -0.25) is 15.0 Å². The number of nitrogens with one attached hydrogen (secondary N) is 2. The van der Waals surface area contributed by atoms with Crippen molar-refractivity contribution in [3.63, 3.8) is 0 Å². The van der Waals surface area contributed by atoms with Gasteiger partial charge in [-0.05, 0) is 42.5 Å². The molecule has 152 valence electrons. The number of aromatic amines is 2. The topological polar surface area (TPSA) is 96.7 Å². The predicted molar refractivity (Wildman–Crippen MR) is 122 cm³/mol. The van der Waals surface area contributed by atoms with E-state index in [1.54, 1.807) is 29.1 Å². The van der Waals surface area contributed by atoms with E-state index in [4.69, 9.17) is 4.42 Å². The number of H-pyrrole nitrogens is 2. The van der Waals surface area contributed by atoms with Gasteiger partial charge in [0, 0.05) is 21.6 Å². The smallest absolute Gasteiger partial charge is 0.345 e. The van der Waals surface area contributed by atoms with Crippen LogP contribution in [0.5, 0.6) is 0 Å². The Bertz CT molecular complexity index is 1630. The van der Waals surface area contributed by atoms with Crippen molar-refractivity contribution < 1.29 is 4.42 Å². The van der Waals surface area contributed by atoms with Gasteiger partial charge in [0.05, 0.1) is 21.8 Å². The predicted octanol–water partition coefficient (Wildman–Crippen LogP) is 2.66. The third-order valence-electron chi connectivity index (χ3n) is 4.91. The molecular weight excluding hydrogens is 460 g/mol. The molecule has 3 heterocycles. The van der Waals surface area contributed by atoms with Crippen LogP contribution < -0.4 is 21.8 Å². The van der Waals surface area contributed by atoms with Crippen LogP contribution in [-0.2, 0) is 0 Å². The summed E-state index contributed by atoms with van der Waals surface area (Å²) >= 11 is 3.44. The third-order valence-corrected chi connectivity index (χ3v) is 5.40. The first-order valence-corrected chi connectivity index (χ1v) is 10.1. The summed E-state index contributed by atoms with van der Waals surface area (Å²) in [5, 5.41) is 11.4. The highest BCUT2D eigenvalue weighted by Crippen LogP contribution is 2.26. The summed E-state index contributed by atoms with van der Waals surface area (Å²) in [6.07, 6.45) is 3.42. The Morgan fingerprint density at radius 2 is 1.87 bits per heavy atom. The van der Waals surface area contributed by atoms with Crippen molar-refractivity contribution in [1.29, 1.82) is 0 Å². The number of benzene rings is 2. The van der Waals surface area contributed by atoms with E-state index >= 15 is 0 Å². The highest BCUT2D eigenvalue weighted by Gasteiger charge is 2.17. The zero-order valence-corrected chi connectivity index (χ0v) is 17.6. The summed E-state index contributed by atoms with van der Waals surface area (Å²) in [7, 11) is 0. The molecule has 0 bridgehead atoms. The lowest BCUT2D eigenvalue weighted by molar-refractivity contribution is 0.563. The molecule has 0 aliphatic heterocycles. The van der Waals surface area contributed by atoms with Crippen LogP contribution in [0.1, 0.15) is 5.56 Å². The number of fused-ring (bicyclic) bond motifs is 1. The highest BCUT2D eigenvalue weighted by molar-refractivity contribution is 9.10. The van der Waals surface area contributed by atoms with Gasteiger partial charge in [0.2, 0.25) is 0 Å². The number of hydrogen-bond acceptors (Lipinski definition) is 4. The van der Waals surface area contributed by atoms with Crippen molar-refractivity contribution in [1.82, 2.24) is 20.0 Å². The second-order valence-electron chi connectivity index (χ2n) is 6.96. The Morgan fingerprint density at radius 3 is 2.61 bits per heavy atom. The lowest BCUT2D eigenvalue weighted by atomic mass is 10.1. The van der Waals surface area contributed by atoms with Gasteiger partial charge in [-0.25, -0.2) is 9.48 Å². The van der Waals surface area contributed by atoms with Gasteiger partial charge in [-0.15, -0.1) is 0 Å². The summed E-state index contributed by atoms with van der Waals surface area (Å²) in [6.45, 7) is 3.84. The monoisotopic (exact) mass is 474 g/mol. The minimum absolute atomic E-state index is 0.295. The van der Waals surface area contributed by atoms with Gasteiger partial charge in [-0.2, -0.15) is 5.10 Å². The summed E-state index contributed by atoms with van der Waals surface area (Å²) in [4.78, 5) is 25.0. The number of halogens is 1. The van der Waals surface area contributed by atoms with Crippen molar-refractivity contribution in [3.8, 4) is 16.9 Å². The van der Waals surface area contributed by atoms with Crippen molar-refractivity contribution in [2.45, 2.75) is 0 Å². The molecule has 3 aromatic heterocycles. The van der Waals surface area contributed by atoms with E-state index in [9.17, 15) is 9.59 Å². The van der Waals surface area contributed by atoms with Crippen LogP contribution in [-0.4, -0.2) is 20.0 Å². The normalized spacial score (nSPS) is 12.0. The van der Waals surface area contributed by atoms with Crippen LogP contribution in [0.25, 0.3) is 40.6 Å². The molecule has 0 amide bonds. The van der Waals surface area contributed by atoms with Gasteiger partial charge in [0.25, 0.3) is 5.56 Å². The van der Waals surface area contributed by atoms with E-state index in [0.717, 1.165) is 15.5 Å². The molecule has 0 saturated carbocycles. The van der Waals surface area contributed by atoms with Gasteiger partial charge >= 0.3 is 5.63 Å². The summed E-state index contributed by atoms with van der Waals surface area (Å²) in [6, 6.07) is 16.6. The van der Waals surface area contributed by atoms with Crippen LogP contribution in [0, 0.1) is 0 Å². The standard InChI is InChI=1S/C23H15BrN4O3/c1-13-18(22(29)26-25-13)11-15-12-28(17-5-3-2-4-6-17)27-21(15)19-10-14-9-16(24)7-8-20(14)31-23(19)30/h2-12,25H,1H2,(H,26,29)/b18-11-. The van der Waals surface area contributed by atoms with E-state index in [1.165, 1.54) is 0 Å². The second-order valence-corrected chi connectivity index (χ2v) is 7.87. The average molecular weight is 475 g/mol. The molecule has 5 aromatic rings. The molecule has 0 radical (unpaired) electrons. The second kappa shape index (κ2) is 7.41. The number of para-hydroxylation sites is 1. The van der Waals surface area contributed by atoms with E-state index in [0.29, 0.717) is 33.0 Å². The number of aromatic nitrogens is 4. The van der Waals surface area contributed by atoms with Gasteiger partial charge in [-0.1, -0.05) is 40.7 Å². The Labute approximate surface area is 183 Å². The van der Waals surface area contributed by atoms with Gasteiger partial charge < -0.3 is 4.42 Å². The molecule has 0 atom stereocenters. The largest absolute Gasteiger partial charge is 0.422 e. The minimum atomic E-state index is -0.513. The van der Waals surface area contributed by atoms with Crippen LogP contribution in [0.3, 0.4) is 0 Å². The first-order valence-electron chi connectivity index (χ1n) is 9.36. The number of nitrogens with zero attached hydrogens (tertiary/aromatic N) is 2. The van der Waals surface area contributed by atoms with E-state index in [-0.39, 0.29) is 5.56 Å². The maximum Gasteiger partial charge on any atom is 0.345 e. The maximum absolute atomic E-state index is 12.8. The molecule has 31 heavy (non-hydrogen) atoms. The van der Waals surface area contributed by atoms with Crippen LogP contribution in [0.15, 0.2) is 79.3 Å². The van der Waals surface area contributed by atoms with Gasteiger partial charge in [0.1, 0.15) is 11.3 Å². The summed E-state index contributed by atoms with van der Waals surface area (Å²) in [5.41, 5.74) is 1.75. The minimum Gasteiger partial charge on any atom is -0.422 e. The van der Waals surface area contributed by atoms with Crippen molar-refractivity contribution >= 4 is 39.6 Å². The van der Waals surface area contributed by atoms with E-state index < -0.39 is 5.63 Å². The molecule has 8 heteroatoms. The first-order chi connectivity index (χ1) is 15.0. The fraction of sp³-hybridized carbons (Fsp3) is 0. The van der Waals surface area contributed by atoms with E-state index in [2.05, 4.69) is 37.8 Å². The molecule has 7 nitrogen and oxygen atoms in total. The Morgan fingerprint density at radius 1 is 1.06 bits per heavy atom. The molecule has 5 rings (SSSR count). The molecule has 2 N–H and O–H groups in total. The molecule has 0 aliphatic carbocycles. The molecule has 0 unspecified atom stereocenters. The highest BCUT2D eigenvalue weighted by atomic mass is 79.9. The Balaban J connectivity index is 1.81. The maximum atomic E-state index is 12.8. The Hall–Kier alpha value is -3.91. The summed E-state index contributed by atoms with van der Waals surface area (Å²) in [5.74, 6) is 0. The average Bonchev–Trinajstić information content (AvgIpc) is 3.33. The first kappa shape index (κ1) is 19.1. The zero-order chi connectivity index (χ0) is 21.5. The molecule has 0 saturated heterocycles. The quantitative estimate of drug-likeness (QED) is 0.393. The van der Waals surface area contributed by atoms with Crippen molar-refractivity contribution in [2.24, 2.45) is 0 Å². The number of hydrogen-bond donors (Lipinski definition) is 2. The third kappa shape index (κ3) is 3.47. The molecule has 0 fully saturated rings. The fourth-order valence-electron chi connectivity index (χ4n) is 3.39. The summed E-state index contributed by atoms with van der Waals surface area (Å²) < 4.78 is 8.05. The van der Waals surface area contributed by atoms with Crippen molar-refractivity contribution in [3.05, 3.63) is 102 Å².